The molecule has 1 fully saturated rings. The van der Waals surface area contributed by atoms with E-state index in [1.807, 2.05) is 6.92 Å². The minimum atomic E-state index is -3.58. The fraction of sp³-hybridized carbons (Fsp3) is 0.389. The Morgan fingerprint density at radius 1 is 1.11 bits per heavy atom. The normalized spacial score (nSPS) is 15.5. The quantitative estimate of drug-likeness (QED) is 0.760. The van der Waals surface area contributed by atoms with Gasteiger partial charge in [-0.3, -0.25) is 14.3 Å². The first-order valence-electron chi connectivity index (χ1n) is 8.88. The van der Waals surface area contributed by atoms with Crippen molar-refractivity contribution in [3.8, 4) is 0 Å². The highest BCUT2D eigenvalue weighted by Crippen LogP contribution is 2.19. The van der Waals surface area contributed by atoms with Crippen molar-refractivity contribution in [2.45, 2.75) is 24.8 Å². The Kier molecular flexibility index (Phi) is 5.80. The van der Waals surface area contributed by atoms with Crippen LogP contribution in [0, 0.1) is 6.92 Å². The van der Waals surface area contributed by atoms with E-state index in [2.05, 4.69) is 5.10 Å². The molecule has 150 valence electrons. The molecule has 1 aromatic heterocycles. The zero-order valence-electron chi connectivity index (χ0n) is 15.5. The number of hydrogen-bond donors (Lipinski definition) is 1. The number of sulfonamides is 1. The number of hydrogen-bond acceptors (Lipinski definition) is 5. The van der Waals surface area contributed by atoms with Gasteiger partial charge in [-0.25, -0.2) is 8.42 Å². The average molecular weight is 406 g/mol. The summed E-state index contributed by atoms with van der Waals surface area (Å²) in [5.74, 6) is -1.18. The molecule has 0 bridgehead atoms. The molecule has 0 atom stereocenters. The van der Waals surface area contributed by atoms with Crippen LogP contribution in [0.15, 0.2) is 41.6 Å². The predicted molar refractivity (Wildman–Crippen MR) is 100 cm³/mol. The largest absolute Gasteiger partial charge is 0.481 e. The van der Waals surface area contributed by atoms with Crippen LogP contribution in [0.2, 0.25) is 0 Å². The topological polar surface area (TPSA) is 113 Å². The first-order valence-corrected chi connectivity index (χ1v) is 10.3. The summed E-state index contributed by atoms with van der Waals surface area (Å²) in [6.07, 6.45) is 2.84. The summed E-state index contributed by atoms with van der Waals surface area (Å²) < 4.78 is 28.3. The van der Waals surface area contributed by atoms with Crippen molar-refractivity contribution in [2.24, 2.45) is 0 Å². The highest BCUT2D eigenvalue weighted by Gasteiger charge is 2.30. The molecular formula is C18H22N4O5S. The number of piperazine rings is 1. The zero-order chi connectivity index (χ0) is 20.3. The monoisotopic (exact) mass is 406 g/mol. The molecule has 1 aromatic carbocycles. The van der Waals surface area contributed by atoms with Gasteiger partial charge < -0.3 is 10.0 Å². The molecule has 10 heteroatoms. The average Bonchev–Trinajstić information content (AvgIpc) is 3.15. The standard InChI is InChI=1S/C18H22N4O5S/c1-14-2-4-16(5-3-14)28(26,27)22-10-8-20(9-11-22)18(25)15-12-19-21(13-15)7-6-17(23)24/h2-5,12-13H,6-11H2,1H3,(H,23,24). The predicted octanol–water partition coefficient (Wildman–Crippen LogP) is 0.813. The number of benzene rings is 1. The number of carboxylic acids is 1. The second-order valence-electron chi connectivity index (χ2n) is 6.65. The molecule has 0 saturated carbocycles. The van der Waals surface area contributed by atoms with Crippen LogP contribution in [0.5, 0.6) is 0 Å². The van der Waals surface area contributed by atoms with E-state index in [1.165, 1.54) is 21.4 Å². The number of carboxylic acid groups (broad SMARTS) is 1. The van der Waals surface area contributed by atoms with Gasteiger partial charge in [0, 0.05) is 32.4 Å². The second kappa shape index (κ2) is 8.11. The Morgan fingerprint density at radius 2 is 1.75 bits per heavy atom. The molecule has 2 aromatic rings. The van der Waals surface area contributed by atoms with Crippen molar-refractivity contribution in [1.82, 2.24) is 19.0 Å². The molecule has 0 aliphatic carbocycles. The summed E-state index contributed by atoms with van der Waals surface area (Å²) in [7, 11) is -3.58. The Labute approximate surface area is 163 Å². The molecule has 1 saturated heterocycles. The number of carbonyl (C=O) groups excluding carboxylic acids is 1. The lowest BCUT2D eigenvalue weighted by Crippen LogP contribution is -2.50. The summed E-state index contributed by atoms with van der Waals surface area (Å²) >= 11 is 0. The SMILES string of the molecule is Cc1ccc(S(=O)(=O)N2CCN(C(=O)c3cnn(CCC(=O)O)c3)CC2)cc1. The molecule has 3 rings (SSSR count). The molecule has 1 aliphatic rings. The van der Waals surface area contributed by atoms with Gasteiger partial charge in [-0.1, -0.05) is 17.7 Å². The molecular weight excluding hydrogens is 384 g/mol. The third-order valence-electron chi connectivity index (χ3n) is 4.62. The molecule has 2 heterocycles. The number of rotatable bonds is 6. The van der Waals surface area contributed by atoms with Crippen LogP contribution < -0.4 is 0 Å². The lowest BCUT2D eigenvalue weighted by molar-refractivity contribution is -0.137. The maximum Gasteiger partial charge on any atom is 0.305 e. The Balaban J connectivity index is 1.61. The molecule has 1 N–H and O–H groups in total. The summed E-state index contributed by atoms with van der Waals surface area (Å²) in [6.45, 7) is 3.08. The summed E-state index contributed by atoms with van der Waals surface area (Å²) in [5.41, 5.74) is 1.35. The number of amides is 1. The summed E-state index contributed by atoms with van der Waals surface area (Å²) in [5, 5.41) is 12.7. The van der Waals surface area contributed by atoms with Crippen molar-refractivity contribution in [1.29, 1.82) is 0 Å². The maximum absolute atomic E-state index is 12.7. The first-order chi connectivity index (χ1) is 13.3. The number of aryl methyl sites for hydroxylation is 2. The van der Waals surface area contributed by atoms with E-state index < -0.39 is 16.0 Å². The van der Waals surface area contributed by atoms with Crippen molar-refractivity contribution in [3.05, 3.63) is 47.8 Å². The van der Waals surface area contributed by atoms with E-state index in [-0.39, 0.29) is 49.9 Å². The third kappa shape index (κ3) is 4.39. The van der Waals surface area contributed by atoms with Crippen LogP contribution in [-0.2, 0) is 21.4 Å². The molecule has 1 amide bonds. The van der Waals surface area contributed by atoms with Gasteiger partial charge in [0.1, 0.15) is 0 Å². The van der Waals surface area contributed by atoms with E-state index in [1.54, 1.807) is 29.2 Å². The van der Waals surface area contributed by atoms with Crippen molar-refractivity contribution in [3.63, 3.8) is 0 Å². The molecule has 0 radical (unpaired) electrons. The number of carbonyl (C=O) groups is 2. The Bertz CT molecular complexity index is 960. The van der Waals surface area contributed by atoms with Gasteiger partial charge in [0.05, 0.1) is 29.6 Å². The minimum absolute atomic E-state index is 0.0785. The first kappa shape index (κ1) is 20.0. The summed E-state index contributed by atoms with van der Waals surface area (Å²) in [6, 6.07) is 6.70. The smallest absolute Gasteiger partial charge is 0.305 e. The van der Waals surface area contributed by atoms with Crippen LogP contribution in [0.1, 0.15) is 22.3 Å². The van der Waals surface area contributed by atoms with E-state index in [0.29, 0.717) is 5.56 Å². The van der Waals surface area contributed by atoms with Crippen LogP contribution in [-0.4, -0.2) is 70.6 Å². The maximum atomic E-state index is 12.7. The van der Waals surface area contributed by atoms with Gasteiger partial charge in [0.25, 0.3) is 5.91 Å². The van der Waals surface area contributed by atoms with E-state index in [4.69, 9.17) is 5.11 Å². The Hall–Kier alpha value is -2.72. The highest BCUT2D eigenvalue weighted by molar-refractivity contribution is 7.89. The van der Waals surface area contributed by atoms with Crippen molar-refractivity contribution >= 4 is 21.9 Å². The third-order valence-corrected chi connectivity index (χ3v) is 6.53. The fourth-order valence-electron chi connectivity index (χ4n) is 2.98. The van der Waals surface area contributed by atoms with Gasteiger partial charge in [-0.15, -0.1) is 0 Å². The molecule has 9 nitrogen and oxygen atoms in total. The lowest BCUT2D eigenvalue weighted by Gasteiger charge is -2.33. The highest BCUT2D eigenvalue weighted by atomic mass is 32.2. The fourth-order valence-corrected chi connectivity index (χ4v) is 4.40. The summed E-state index contributed by atoms with van der Waals surface area (Å²) in [4.78, 5) is 25.1. The number of aliphatic carboxylic acids is 1. The molecule has 0 spiro atoms. The van der Waals surface area contributed by atoms with Gasteiger partial charge in [0.15, 0.2) is 0 Å². The van der Waals surface area contributed by atoms with E-state index in [9.17, 15) is 18.0 Å². The minimum Gasteiger partial charge on any atom is -0.481 e. The van der Waals surface area contributed by atoms with Gasteiger partial charge in [-0.2, -0.15) is 9.40 Å². The lowest BCUT2D eigenvalue weighted by atomic mass is 10.2. The number of nitrogens with zero attached hydrogens (tertiary/aromatic N) is 4. The molecule has 1 aliphatic heterocycles. The van der Waals surface area contributed by atoms with Crippen LogP contribution in [0.25, 0.3) is 0 Å². The number of aromatic nitrogens is 2. The van der Waals surface area contributed by atoms with Crippen LogP contribution >= 0.6 is 0 Å². The van der Waals surface area contributed by atoms with Gasteiger partial charge in [0.2, 0.25) is 10.0 Å². The van der Waals surface area contributed by atoms with Crippen molar-refractivity contribution in [2.75, 3.05) is 26.2 Å². The van der Waals surface area contributed by atoms with Crippen LogP contribution in [0.4, 0.5) is 0 Å². The van der Waals surface area contributed by atoms with Crippen LogP contribution in [0.3, 0.4) is 0 Å². The molecule has 0 unspecified atom stereocenters. The zero-order valence-corrected chi connectivity index (χ0v) is 16.3. The molecule has 28 heavy (non-hydrogen) atoms. The van der Waals surface area contributed by atoms with E-state index >= 15 is 0 Å². The Morgan fingerprint density at radius 3 is 2.36 bits per heavy atom. The van der Waals surface area contributed by atoms with E-state index in [0.717, 1.165) is 5.56 Å². The van der Waals surface area contributed by atoms with Crippen molar-refractivity contribution < 1.29 is 23.1 Å². The van der Waals surface area contributed by atoms with Gasteiger partial charge >= 0.3 is 5.97 Å². The van der Waals surface area contributed by atoms with Gasteiger partial charge in [-0.05, 0) is 19.1 Å². The second-order valence-corrected chi connectivity index (χ2v) is 8.58.